The number of aromatic nitrogens is 3. The second-order valence-corrected chi connectivity index (χ2v) is 7.72. The third kappa shape index (κ3) is 2.94. The number of nitrogens with one attached hydrogen (secondary N) is 1. The number of carbonyl (C=O) groups is 1. The Labute approximate surface area is 144 Å². The molecule has 24 heavy (non-hydrogen) atoms. The molecule has 3 heterocycles. The smallest absolute Gasteiger partial charge is 0.253 e. The molecule has 0 aliphatic heterocycles. The summed E-state index contributed by atoms with van der Waals surface area (Å²) >= 11 is 1.70. The summed E-state index contributed by atoms with van der Waals surface area (Å²) in [5.74, 6) is -0.106. The number of rotatable bonds is 4. The molecule has 0 saturated heterocycles. The molecule has 6 heteroatoms. The summed E-state index contributed by atoms with van der Waals surface area (Å²) in [5, 5.41) is 2.95. The molecule has 1 saturated carbocycles. The number of fused-ring (bicyclic) bond motifs is 1. The zero-order valence-electron chi connectivity index (χ0n) is 13.7. The molecule has 1 aliphatic carbocycles. The summed E-state index contributed by atoms with van der Waals surface area (Å²) < 4.78 is 2.17. The van der Waals surface area contributed by atoms with Crippen LogP contribution in [0.25, 0.3) is 11.2 Å². The minimum atomic E-state index is -0.106. The van der Waals surface area contributed by atoms with Crippen LogP contribution in [0.2, 0.25) is 0 Å². The summed E-state index contributed by atoms with van der Waals surface area (Å²) in [6.45, 7) is 2.61. The maximum atomic E-state index is 12.4. The van der Waals surface area contributed by atoms with Crippen molar-refractivity contribution in [2.45, 2.75) is 45.2 Å². The highest BCUT2D eigenvalue weighted by atomic mass is 32.1. The summed E-state index contributed by atoms with van der Waals surface area (Å²) in [4.78, 5) is 23.7. The van der Waals surface area contributed by atoms with Crippen molar-refractivity contribution >= 4 is 28.4 Å². The van der Waals surface area contributed by atoms with E-state index in [0.717, 1.165) is 16.0 Å². The first kappa shape index (κ1) is 15.3. The van der Waals surface area contributed by atoms with Gasteiger partial charge in [-0.15, -0.1) is 11.3 Å². The van der Waals surface area contributed by atoms with Crippen LogP contribution >= 0.6 is 11.3 Å². The van der Waals surface area contributed by atoms with E-state index in [1.807, 2.05) is 18.5 Å². The highest BCUT2D eigenvalue weighted by Gasteiger charge is 2.20. The van der Waals surface area contributed by atoms with Gasteiger partial charge in [0.15, 0.2) is 5.65 Å². The zero-order valence-corrected chi connectivity index (χ0v) is 14.5. The highest BCUT2D eigenvalue weighted by molar-refractivity contribution is 7.11. The molecule has 0 aromatic carbocycles. The lowest BCUT2D eigenvalue weighted by atomic mass is 10.2. The van der Waals surface area contributed by atoms with Crippen molar-refractivity contribution in [2.75, 3.05) is 0 Å². The third-order valence-corrected chi connectivity index (χ3v) is 5.61. The van der Waals surface area contributed by atoms with E-state index in [2.05, 4.69) is 32.8 Å². The van der Waals surface area contributed by atoms with Crippen LogP contribution in [0, 0.1) is 6.92 Å². The van der Waals surface area contributed by atoms with Gasteiger partial charge in [-0.2, -0.15) is 0 Å². The standard InChI is InChI=1S/C18H20N4OS/c1-12-6-7-15(24-12)10-20-18(23)13-8-16-17(19-9-13)22(11-21-16)14-4-2-3-5-14/h6-9,11,14H,2-5,10H2,1H3,(H,20,23). The fraction of sp³-hybridized carbons (Fsp3) is 0.389. The number of hydrogen-bond acceptors (Lipinski definition) is 4. The number of imidazole rings is 1. The topological polar surface area (TPSA) is 59.8 Å². The van der Waals surface area contributed by atoms with Gasteiger partial charge in [-0.25, -0.2) is 9.97 Å². The quantitative estimate of drug-likeness (QED) is 0.785. The van der Waals surface area contributed by atoms with E-state index in [4.69, 9.17) is 0 Å². The monoisotopic (exact) mass is 340 g/mol. The van der Waals surface area contributed by atoms with Gasteiger partial charge < -0.3 is 9.88 Å². The van der Waals surface area contributed by atoms with E-state index in [9.17, 15) is 4.79 Å². The van der Waals surface area contributed by atoms with Crippen molar-refractivity contribution in [1.82, 2.24) is 19.9 Å². The Morgan fingerprint density at radius 3 is 2.92 bits per heavy atom. The largest absolute Gasteiger partial charge is 0.347 e. The molecule has 5 nitrogen and oxygen atoms in total. The van der Waals surface area contributed by atoms with Gasteiger partial charge in [-0.3, -0.25) is 4.79 Å². The molecular formula is C18H20N4OS. The predicted molar refractivity (Wildman–Crippen MR) is 95.3 cm³/mol. The van der Waals surface area contributed by atoms with Gasteiger partial charge >= 0.3 is 0 Å². The van der Waals surface area contributed by atoms with Crippen molar-refractivity contribution < 1.29 is 4.79 Å². The summed E-state index contributed by atoms with van der Waals surface area (Å²) in [6.07, 6.45) is 8.44. The lowest BCUT2D eigenvalue weighted by molar-refractivity contribution is 0.0951. The van der Waals surface area contributed by atoms with E-state index in [1.165, 1.54) is 30.6 Å². The minimum absolute atomic E-state index is 0.106. The zero-order chi connectivity index (χ0) is 16.5. The Balaban J connectivity index is 1.51. The number of pyridine rings is 1. The Hall–Kier alpha value is -2.21. The van der Waals surface area contributed by atoms with Crippen molar-refractivity contribution in [1.29, 1.82) is 0 Å². The van der Waals surface area contributed by atoms with Crippen LogP contribution in [0.15, 0.2) is 30.7 Å². The first-order valence-corrected chi connectivity index (χ1v) is 9.18. The minimum Gasteiger partial charge on any atom is -0.347 e. The molecule has 0 radical (unpaired) electrons. The van der Waals surface area contributed by atoms with E-state index in [1.54, 1.807) is 17.5 Å². The SMILES string of the molecule is Cc1ccc(CNC(=O)c2cnc3c(c2)ncn3C2CCCC2)s1. The number of amides is 1. The molecule has 3 aromatic heterocycles. The molecule has 0 bridgehead atoms. The number of thiophene rings is 1. The van der Waals surface area contributed by atoms with Gasteiger partial charge in [0.05, 0.1) is 18.4 Å². The van der Waals surface area contributed by atoms with Gasteiger partial charge in [0.25, 0.3) is 5.91 Å². The molecule has 0 atom stereocenters. The fourth-order valence-corrected chi connectivity index (χ4v) is 4.17. The molecule has 1 aliphatic rings. The molecule has 124 valence electrons. The van der Waals surface area contributed by atoms with Gasteiger partial charge in [-0.05, 0) is 38.0 Å². The number of aryl methyl sites for hydroxylation is 1. The van der Waals surface area contributed by atoms with Crippen LogP contribution in [0.3, 0.4) is 0 Å². The van der Waals surface area contributed by atoms with E-state index in [0.29, 0.717) is 18.2 Å². The van der Waals surface area contributed by atoms with Crippen LogP contribution in [0.5, 0.6) is 0 Å². The van der Waals surface area contributed by atoms with Crippen LogP contribution in [0.4, 0.5) is 0 Å². The maximum absolute atomic E-state index is 12.4. The lowest BCUT2D eigenvalue weighted by Crippen LogP contribution is -2.22. The molecule has 0 spiro atoms. The van der Waals surface area contributed by atoms with E-state index < -0.39 is 0 Å². The van der Waals surface area contributed by atoms with Gasteiger partial charge in [0, 0.05) is 22.0 Å². The summed E-state index contributed by atoms with van der Waals surface area (Å²) in [6, 6.07) is 6.45. The van der Waals surface area contributed by atoms with E-state index >= 15 is 0 Å². The van der Waals surface area contributed by atoms with Gasteiger partial charge in [0.2, 0.25) is 0 Å². The first-order valence-electron chi connectivity index (χ1n) is 8.37. The molecule has 1 amide bonds. The fourth-order valence-electron chi connectivity index (χ4n) is 3.34. The van der Waals surface area contributed by atoms with Crippen molar-refractivity contribution in [3.63, 3.8) is 0 Å². The molecular weight excluding hydrogens is 320 g/mol. The summed E-state index contributed by atoms with van der Waals surface area (Å²) in [7, 11) is 0. The molecule has 4 rings (SSSR count). The first-order chi connectivity index (χ1) is 11.7. The van der Waals surface area contributed by atoms with Crippen LogP contribution in [-0.2, 0) is 6.54 Å². The number of nitrogens with zero attached hydrogens (tertiary/aromatic N) is 3. The summed E-state index contributed by atoms with van der Waals surface area (Å²) in [5.41, 5.74) is 2.24. The molecule has 0 unspecified atom stereocenters. The lowest BCUT2D eigenvalue weighted by Gasteiger charge is -2.11. The van der Waals surface area contributed by atoms with Crippen LogP contribution in [-0.4, -0.2) is 20.4 Å². The number of carbonyl (C=O) groups excluding carboxylic acids is 1. The van der Waals surface area contributed by atoms with Gasteiger partial charge in [-0.1, -0.05) is 12.8 Å². The Kier molecular flexibility index (Phi) is 4.06. The Morgan fingerprint density at radius 1 is 1.33 bits per heavy atom. The molecule has 1 N–H and O–H groups in total. The van der Waals surface area contributed by atoms with Crippen molar-refractivity contribution in [3.05, 3.63) is 46.0 Å². The average molecular weight is 340 g/mol. The Morgan fingerprint density at radius 2 is 2.17 bits per heavy atom. The normalized spacial score (nSPS) is 15.2. The van der Waals surface area contributed by atoms with Crippen molar-refractivity contribution in [2.24, 2.45) is 0 Å². The van der Waals surface area contributed by atoms with E-state index in [-0.39, 0.29) is 5.91 Å². The predicted octanol–water partition coefficient (Wildman–Crippen LogP) is 3.85. The van der Waals surface area contributed by atoms with Crippen LogP contribution < -0.4 is 5.32 Å². The second kappa shape index (κ2) is 6.36. The van der Waals surface area contributed by atoms with Crippen molar-refractivity contribution in [3.8, 4) is 0 Å². The Bertz CT molecular complexity index is 876. The maximum Gasteiger partial charge on any atom is 0.253 e. The second-order valence-electron chi connectivity index (χ2n) is 6.35. The molecule has 3 aromatic rings. The third-order valence-electron chi connectivity index (χ3n) is 4.61. The van der Waals surface area contributed by atoms with Crippen LogP contribution in [0.1, 0.15) is 51.8 Å². The number of hydrogen-bond donors (Lipinski definition) is 1. The van der Waals surface area contributed by atoms with Gasteiger partial charge in [0.1, 0.15) is 5.52 Å². The molecule has 1 fully saturated rings. The average Bonchev–Trinajstić information content (AvgIpc) is 3.32. The highest BCUT2D eigenvalue weighted by Crippen LogP contribution is 2.31.